The maximum Gasteiger partial charge on any atom is 0.254 e. The van der Waals surface area contributed by atoms with Gasteiger partial charge in [0.25, 0.3) is 5.91 Å². The van der Waals surface area contributed by atoms with Gasteiger partial charge in [0.05, 0.1) is 6.10 Å². The molecule has 0 unspecified atom stereocenters. The molecule has 0 aromatic heterocycles. The standard InChI is InChI=1S/C16H24N2O2/c1-4-17-8-10-18(11-9-17)16(19)14-6-5-7-15(12-14)20-13(2)3/h5-7,12-13H,4,8-11H2,1-3H3. The number of benzene rings is 1. The Kier molecular flexibility index (Phi) is 5.01. The van der Waals surface area contributed by atoms with Gasteiger partial charge in [-0.1, -0.05) is 13.0 Å². The summed E-state index contributed by atoms with van der Waals surface area (Å²) in [6, 6.07) is 7.48. The SMILES string of the molecule is CCN1CCN(C(=O)c2cccc(OC(C)C)c2)CC1. The number of carbonyl (C=O) groups is 1. The van der Waals surface area contributed by atoms with Crippen molar-refractivity contribution in [2.75, 3.05) is 32.7 Å². The average molecular weight is 276 g/mol. The number of piperazine rings is 1. The molecule has 110 valence electrons. The van der Waals surface area contributed by atoms with Crippen molar-refractivity contribution in [2.24, 2.45) is 0 Å². The lowest BCUT2D eigenvalue weighted by Gasteiger charge is -2.34. The number of amides is 1. The fourth-order valence-electron chi connectivity index (χ4n) is 2.42. The maximum atomic E-state index is 12.5. The number of carbonyl (C=O) groups excluding carboxylic acids is 1. The molecule has 0 aliphatic carbocycles. The minimum Gasteiger partial charge on any atom is -0.491 e. The largest absolute Gasteiger partial charge is 0.491 e. The lowest BCUT2D eigenvalue weighted by Crippen LogP contribution is -2.48. The Morgan fingerprint density at radius 2 is 1.95 bits per heavy atom. The fraction of sp³-hybridized carbons (Fsp3) is 0.562. The van der Waals surface area contributed by atoms with Crippen molar-refractivity contribution < 1.29 is 9.53 Å². The van der Waals surface area contributed by atoms with Crippen LogP contribution in [0.15, 0.2) is 24.3 Å². The molecule has 1 fully saturated rings. The summed E-state index contributed by atoms with van der Waals surface area (Å²) >= 11 is 0. The topological polar surface area (TPSA) is 32.8 Å². The van der Waals surface area contributed by atoms with Gasteiger partial charge in [-0.3, -0.25) is 4.79 Å². The number of nitrogens with zero attached hydrogens (tertiary/aromatic N) is 2. The van der Waals surface area contributed by atoms with Gasteiger partial charge < -0.3 is 14.5 Å². The van der Waals surface area contributed by atoms with Gasteiger partial charge in [0.15, 0.2) is 0 Å². The molecule has 2 rings (SSSR count). The third kappa shape index (κ3) is 3.73. The number of rotatable bonds is 4. The molecule has 20 heavy (non-hydrogen) atoms. The zero-order valence-corrected chi connectivity index (χ0v) is 12.6. The predicted octanol–water partition coefficient (Wildman–Crippen LogP) is 2.25. The van der Waals surface area contributed by atoms with E-state index in [2.05, 4.69) is 11.8 Å². The van der Waals surface area contributed by atoms with Gasteiger partial charge in [0.1, 0.15) is 5.75 Å². The molecule has 0 spiro atoms. The van der Waals surface area contributed by atoms with Crippen LogP contribution in [0.2, 0.25) is 0 Å². The highest BCUT2D eigenvalue weighted by Crippen LogP contribution is 2.17. The van der Waals surface area contributed by atoms with Crippen LogP contribution in [0.4, 0.5) is 0 Å². The van der Waals surface area contributed by atoms with Crippen LogP contribution < -0.4 is 4.74 Å². The van der Waals surface area contributed by atoms with E-state index in [1.807, 2.05) is 43.0 Å². The molecule has 1 aliphatic heterocycles. The molecule has 0 bridgehead atoms. The summed E-state index contributed by atoms with van der Waals surface area (Å²) in [4.78, 5) is 16.8. The van der Waals surface area contributed by atoms with Crippen LogP contribution in [-0.2, 0) is 0 Å². The number of likely N-dealkylation sites (N-methyl/N-ethyl adjacent to an activating group) is 1. The van der Waals surface area contributed by atoms with E-state index < -0.39 is 0 Å². The summed E-state index contributed by atoms with van der Waals surface area (Å²) in [7, 11) is 0. The van der Waals surface area contributed by atoms with Gasteiger partial charge in [-0.15, -0.1) is 0 Å². The van der Waals surface area contributed by atoms with E-state index in [0.717, 1.165) is 38.5 Å². The van der Waals surface area contributed by atoms with Crippen LogP contribution in [0.1, 0.15) is 31.1 Å². The minimum atomic E-state index is 0.106. The lowest BCUT2D eigenvalue weighted by atomic mass is 10.1. The molecule has 0 radical (unpaired) electrons. The van der Waals surface area contributed by atoms with Crippen LogP contribution >= 0.6 is 0 Å². The molecule has 4 nitrogen and oxygen atoms in total. The smallest absolute Gasteiger partial charge is 0.254 e. The first-order valence-electron chi connectivity index (χ1n) is 7.38. The highest BCUT2D eigenvalue weighted by atomic mass is 16.5. The van der Waals surface area contributed by atoms with Gasteiger partial charge in [0, 0.05) is 31.7 Å². The third-order valence-electron chi connectivity index (χ3n) is 3.56. The summed E-state index contributed by atoms with van der Waals surface area (Å²) in [6.45, 7) is 10.7. The first-order valence-corrected chi connectivity index (χ1v) is 7.38. The molecular formula is C16H24N2O2. The molecule has 4 heteroatoms. The number of hydrogen-bond acceptors (Lipinski definition) is 3. The Hall–Kier alpha value is -1.55. The Morgan fingerprint density at radius 3 is 2.55 bits per heavy atom. The van der Waals surface area contributed by atoms with E-state index in [0.29, 0.717) is 5.56 Å². The Bertz CT molecular complexity index is 452. The van der Waals surface area contributed by atoms with Crippen molar-refractivity contribution in [1.29, 1.82) is 0 Å². The average Bonchev–Trinajstić information content (AvgIpc) is 2.46. The van der Waals surface area contributed by atoms with E-state index in [-0.39, 0.29) is 12.0 Å². The third-order valence-corrected chi connectivity index (χ3v) is 3.56. The van der Waals surface area contributed by atoms with Crippen molar-refractivity contribution in [3.63, 3.8) is 0 Å². The molecule has 1 aromatic rings. The van der Waals surface area contributed by atoms with Crippen molar-refractivity contribution in [3.8, 4) is 5.75 Å². The van der Waals surface area contributed by atoms with Crippen molar-refractivity contribution in [3.05, 3.63) is 29.8 Å². The first-order chi connectivity index (χ1) is 9.60. The second kappa shape index (κ2) is 6.75. The normalized spacial score (nSPS) is 16.5. The van der Waals surface area contributed by atoms with E-state index in [4.69, 9.17) is 4.74 Å². The van der Waals surface area contributed by atoms with Crippen molar-refractivity contribution in [2.45, 2.75) is 26.9 Å². The van der Waals surface area contributed by atoms with Gasteiger partial charge in [0.2, 0.25) is 0 Å². The Labute approximate surface area is 121 Å². The van der Waals surface area contributed by atoms with Crippen LogP contribution in [0.25, 0.3) is 0 Å². The van der Waals surface area contributed by atoms with Crippen molar-refractivity contribution in [1.82, 2.24) is 9.80 Å². The molecule has 0 atom stereocenters. The van der Waals surface area contributed by atoms with E-state index in [9.17, 15) is 4.79 Å². The van der Waals surface area contributed by atoms with Gasteiger partial charge >= 0.3 is 0 Å². The monoisotopic (exact) mass is 276 g/mol. The molecule has 1 saturated heterocycles. The summed E-state index contributed by atoms with van der Waals surface area (Å²) in [6.07, 6.45) is 0.119. The zero-order chi connectivity index (χ0) is 14.5. The van der Waals surface area contributed by atoms with E-state index in [1.54, 1.807) is 0 Å². The van der Waals surface area contributed by atoms with Crippen molar-refractivity contribution >= 4 is 5.91 Å². The molecule has 1 heterocycles. The van der Waals surface area contributed by atoms with Gasteiger partial charge in [-0.25, -0.2) is 0 Å². The molecule has 0 saturated carbocycles. The molecule has 1 amide bonds. The number of hydrogen-bond donors (Lipinski definition) is 0. The van der Waals surface area contributed by atoms with Crippen LogP contribution in [0, 0.1) is 0 Å². The zero-order valence-electron chi connectivity index (χ0n) is 12.6. The lowest BCUT2D eigenvalue weighted by molar-refractivity contribution is 0.0642. The Morgan fingerprint density at radius 1 is 1.25 bits per heavy atom. The quantitative estimate of drug-likeness (QED) is 0.845. The summed E-state index contributed by atoms with van der Waals surface area (Å²) in [5.74, 6) is 0.869. The first kappa shape index (κ1) is 14.9. The highest BCUT2D eigenvalue weighted by molar-refractivity contribution is 5.94. The molecular weight excluding hydrogens is 252 g/mol. The second-order valence-corrected chi connectivity index (χ2v) is 5.42. The highest BCUT2D eigenvalue weighted by Gasteiger charge is 2.21. The van der Waals surface area contributed by atoms with Crippen LogP contribution in [0.5, 0.6) is 5.75 Å². The minimum absolute atomic E-state index is 0.106. The van der Waals surface area contributed by atoms with E-state index >= 15 is 0 Å². The summed E-state index contributed by atoms with van der Waals surface area (Å²) < 4.78 is 5.65. The second-order valence-electron chi connectivity index (χ2n) is 5.42. The Balaban J connectivity index is 2.02. The molecule has 1 aromatic carbocycles. The predicted molar refractivity (Wildman–Crippen MR) is 80.2 cm³/mol. The van der Waals surface area contributed by atoms with Crippen LogP contribution in [-0.4, -0.2) is 54.5 Å². The molecule has 0 N–H and O–H groups in total. The molecule has 1 aliphatic rings. The van der Waals surface area contributed by atoms with E-state index in [1.165, 1.54) is 0 Å². The summed E-state index contributed by atoms with van der Waals surface area (Å²) in [5.41, 5.74) is 0.716. The van der Waals surface area contributed by atoms with Gasteiger partial charge in [-0.05, 0) is 38.6 Å². The maximum absolute atomic E-state index is 12.5. The summed E-state index contributed by atoms with van der Waals surface area (Å²) in [5, 5.41) is 0. The number of ether oxygens (including phenoxy) is 1. The van der Waals surface area contributed by atoms with Gasteiger partial charge in [-0.2, -0.15) is 0 Å². The van der Waals surface area contributed by atoms with Crippen LogP contribution in [0.3, 0.4) is 0 Å². The fourth-order valence-corrected chi connectivity index (χ4v) is 2.42.